The Morgan fingerprint density at radius 2 is 1.90 bits per heavy atom. The fraction of sp³-hybridized carbons (Fsp3) is 0.304. The van der Waals surface area contributed by atoms with E-state index in [2.05, 4.69) is 23.2 Å². The fourth-order valence-electron chi connectivity index (χ4n) is 3.74. The lowest BCUT2D eigenvalue weighted by atomic mass is 10.1. The van der Waals surface area contributed by atoms with Gasteiger partial charge in [0.15, 0.2) is 5.16 Å². The number of imide groups is 1. The van der Waals surface area contributed by atoms with Crippen LogP contribution in [0.15, 0.2) is 53.9 Å². The van der Waals surface area contributed by atoms with Gasteiger partial charge in [0.05, 0.1) is 10.9 Å². The number of carbonyl (C=O) groups is 2. The van der Waals surface area contributed by atoms with E-state index in [1.807, 2.05) is 23.6 Å². The van der Waals surface area contributed by atoms with Gasteiger partial charge in [0.1, 0.15) is 6.33 Å². The largest absolute Gasteiger partial charge is 0.278 e. The molecule has 0 spiro atoms. The van der Waals surface area contributed by atoms with Gasteiger partial charge in [-0.15, -0.1) is 10.2 Å². The quantitative estimate of drug-likeness (QED) is 0.527. The van der Waals surface area contributed by atoms with E-state index >= 15 is 0 Å². The van der Waals surface area contributed by atoms with Crippen molar-refractivity contribution in [3.63, 3.8) is 0 Å². The van der Waals surface area contributed by atoms with E-state index in [9.17, 15) is 9.59 Å². The summed E-state index contributed by atoms with van der Waals surface area (Å²) in [7, 11) is 0. The minimum absolute atomic E-state index is 0.183. The first kappa shape index (κ1) is 21.6. The summed E-state index contributed by atoms with van der Waals surface area (Å²) < 4.78 is 1.91. The van der Waals surface area contributed by atoms with E-state index in [0.717, 1.165) is 24.1 Å². The SMILES string of the molecule is Cc1ccc(-n2cnnc2SC2CCCCN(C(=O)c3ccc(Cl)cc3)C2=O)c(C)c1. The van der Waals surface area contributed by atoms with Crippen LogP contribution in [0.2, 0.25) is 5.02 Å². The number of aromatic nitrogens is 3. The van der Waals surface area contributed by atoms with Crippen molar-refractivity contribution in [3.05, 3.63) is 70.5 Å². The number of aryl methyl sites for hydroxylation is 2. The molecular formula is C23H23ClN4O2S. The number of benzene rings is 2. The molecule has 2 aromatic carbocycles. The van der Waals surface area contributed by atoms with Gasteiger partial charge in [-0.05, 0) is 62.6 Å². The molecule has 0 radical (unpaired) electrons. The predicted octanol–water partition coefficient (Wildman–Crippen LogP) is 4.85. The van der Waals surface area contributed by atoms with Crippen molar-refractivity contribution in [2.24, 2.45) is 0 Å². The van der Waals surface area contributed by atoms with Crippen molar-refractivity contribution in [3.8, 4) is 5.69 Å². The van der Waals surface area contributed by atoms with Gasteiger partial charge in [0.2, 0.25) is 5.91 Å². The first-order valence-corrected chi connectivity index (χ1v) is 11.5. The van der Waals surface area contributed by atoms with Crippen molar-refractivity contribution in [1.82, 2.24) is 19.7 Å². The van der Waals surface area contributed by atoms with Crippen LogP contribution in [0.1, 0.15) is 40.7 Å². The summed E-state index contributed by atoms with van der Waals surface area (Å²) in [4.78, 5) is 27.7. The van der Waals surface area contributed by atoms with E-state index < -0.39 is 5.25 Å². The normalized spacial score (nSPS) is 16.9. The molecule has 8 heteroatoms. The lowest BCUT2D eigenvalue weighted by molar-refractivity contribution is -0.127. The molecule has 1 saturated heterocycles. The maximum Gasteiger partial charge on any atom is 0.260 e. The summed E-state index contributed by atoms with van der Waals surface area (Å²) in [6, 6.07) is 12.8. The highest BCUT2D eigenvalue weighted by Crippen LogP contribution is 2.31. The Balaban J connectivity index is 1.58. The Hall–Kier alpha value is -2.64. The molecule has 4 rings (SSSR count). The van der Waals surface area contributed by atoms with Crippen LogP contribution < -0.4 is 0 Å². The van der Waals surface area contributed by atoms with Crippen LogP contribution in [0.25, 0.3) is 5.69 Å². The van der Waals surface area contributed by atoms with Crippen LogP contribution in [0.3, 0.4) is 0 Å². The average Bonchev–Trinajstić information content (AvgIpc) is 3.12. The molecule has 2 amide bonds. The van der Waals surface area contributed by atoms with Crippen molar-refractivity contribution in [1.29, 1.82) is 0 Å². The lowest BCUT2D eigenvalue weighted by Gasteiger charge is -2.22. The summed E-state index contributed by atoms with van der Waals surface area (Å²) in [5, 5.41) is 9.13. The highest BCUT2D eigenvalue weighted by atomic mass is 35.5. The first-order valence-electron chi connectivity index (χ1n) is 10.2. The number of halogens is 1. The summed E-state index contributed by atoms with van der Waals surface area (Å²) in [5.74, 6) is -0.470. The minimum Gasteiger partial charge on any atom is -0.278 e. The van der Waals surface area contributed by atoms with Gasteiger partial charge in [-0.3, -0.25) is 19.1 Å². The minimum atomic E-state index is -0.396. The standard InChI is InChI=1S/C23H23ClN4O2S/c1-15-6-11-19(16(2)13-15)28-14-25-26-23(28)31-20-5-3-4-12-27(22(20)30)21(29)17-7-9-18(24)10-8-17/h6-11,13-14,20H,3-5,12H2,1-2H3. The second-order valence-corrected chi connectivity index (χ2v) is 9.28. The van der Waals surface area contributed by atoms with Crippen molar-refractivity contribution in [2.75, 3.05) is 6.54 Å². The predicted molar refractivity (Wildman–Crippen MR) is 122 cm³/mol. The van der Waals surface area contributed by atoms with Crippen LogP contribution in [0.5, 0.6) is 0 Å². The first-order chi connectivity index (χ1) is 14.9. The van der Waals surface area contributed by atoms with Crippen LogP contribution >= 0.6 is 23.4 Å². The molecule has 0 saturated carbocycles. The van der Waals surface area contributed by atoms with Crippen LogP contribution in [-0.4, -0.2) is 43.3 Å². The van der Waals surface area contributed by atoms with Gasteiger partial charge in [-0.1, -0.05) is 47.5 Å². The van der Waals surface area contributed by atoms with Gasteiger partial charge >= 0.3 is 0 Å². The molecule has 1 unspecified atom stereocenters. The van der Waals surface area contributed by atoms with Crippen LogP contribution in [0, 0.1) is 13.8 Å². The maximum atomic E-state index is 13.3. The van der Waals surface area contributed by atoms with Gasteiger partial charge in [0, 0.05) is 17.1 Å². The van der Waals surface area contributed by atoms with E-state index in [0.29, 0.717) is 28.7 Å². The van der Waals surface area contributed by atoms with E-state index in [1.165, 1.54) is 22.2 Å². The zero-order chi connectivity index (χ0) is 22.0. The number of thioether (sulfide) groups is 1. The number of hydrogen-bond donors (Lipinski definition) is 0. The third-order valence-electron chi connectivity index (χ3n) is 5.35. The molecule has 2 heterocycles. The molecule has 0 bridgehead atoms. The van der Waals surface area contributed by atoms with Gasteiger partial charge in [0.25, 0.3) is 5.91 Å². The van der Waals surface area contributed by atoms with Crippen molar-refractivity contribution < 1.29 is 9.59 Å². The Labute approximate surface area is 190 Å². The summed E-state index contributed by atoms with van der Waals surface area (Å²) >= 11 is 7.30. The van der Waals surface area contributed by atoms with E-state index in [-0.39, 0.29) is 11.8 Å². The molecule has 0 aliphatic carbocycles. The molecule has 1 fully saturated rings. The molecule has 0 N–H and O–H groups in total. The maximum absolute atomic E-state index is 13.3. The zero-order valence-electron chi connectivity index (χ0n) is 17.4. The summed E-state index contributed by atoms with van der Waals surface area (Å²) in [6.07, 6.45) is 4.00. The fourth-order valence-corrected chi connectivity index (χ4v) is 4.99. The second-order valence-electron chi connectivity index (χ2n) is 7.68. The molecule has 1 aliphatic heterocycles. The molecule has 31 heavy (non-hydrogen) atoms. The molecule has 1 aliphatic rings. The number of likely N-dealkylation sites (tertiary alicyclic amines) is 1. The smallest absolute Gasteiger partial charge is 0.260 e. The monoisotopic (exact) mass is 454 g/mol. The van der Waals surface area contributed by atoms with Gasteiger partial charge < -0.3 is 0 Å². The Bertz CT molecular complexity index is 1110. The van der Waals surface area contributed by atoms with Gasteiger partial charge in [-0.25, -0.2) is 0 Å². The van der Waals surface area contributed by atoms with Crippen molar-refractivity contribution in [2.45, 2.75) is 43.5 Å². The highest BCUT2D eigenvalue weighted by molar-refractivity contribution is 8.00. The second kappa shape index (κ2) is 9.24. The molecule has 1 atom stereocenters. The molecule has 6 nitrogen and oxygen atoms in total. The third kappa shape index (κ3) is 4.67. The summed E-state index contributed by atoms with van der Waals surface area (Å²) in [6.45, 7) is 4.51. The molecular weight excluding hydrogens is 432 g/mol. The Kier molecular flexibility index (Phi) is 6.43. The Morgan fingerprint density at radius 3 is 2.65 bits per heavy atom. The van der Waals surface area contributed by atoms with Crippen LogP contribution in [0.4, 0.5) is 0 Å². The number of carbonyl (C=O) groups excluding carboxylic acids is 2. The van der Waals surface area contributed by atoms with E-state index in [4.69, 9.17) is 11.6 Å². The third-order valence-corrected chi connectivity index (χ3v) is 6.81. The van der Waals surface area contributed by atoms with E-state index in [1.54, 1.807) is 30.6 Å². The molecule has 3 aromatic rings. The average molecular weight is 455 g/mol. The zero-order valence-corrected chi connectivity index (χ0v) is 19.0. The number of amides is 2. The topological polar surface area (TPSA) is 68.1 Å². The van der Waals surface area contributed by atoms with Crippen LogP contribution in [-0.2, 0) is 4.79 Å². The molecule has 1 aromatic heterocycles. The van der Waals surface area contributed by atoms with Gasteiger partial charge in [-0.2, -0.15) is 0 Å². The lowest BCUT2D eigenvalue weighted by Crippen LogP contribution is -2.41. The number of rotatable bonds is 4. The number of nitrogens with zero attached hydrogens (tertiary/aromatic N) is 4. The molecule has 160 valence electrons. The summed E-state index contributed by atoms with van der Waals surface area (Å²) in [5.41, 5.74) is 3.72. The van der Waals surface area contributed by atoms with Crippen molar-refractivity contribution >= 4 is 35.2 Å². The highest BCUT2D eigenvalue weighted by Gasteiger charge is 2.33. The Morgan fingerprint density at radius 1 is 1.13 bits per heavy atom. The number of hydrogen-bond acceptors (Lipinski definition) is 5.